The predicted molar refractivity (Wildman–Crippen MR) is 50.8 cm³/mol. The molecule has 0 spiro atoms. The molecule has 0 aliphatic heterocycles. The first-order valence-electron chi connectivity index (χ1n) is 4.44. The summed E-state index contributed by atoms with van der Waals surface area (Å²) in [6.45, 7) is 8.43. The summed E-state index contributed by atoms with van der Waals surface area (Å²) >= 11 is 0. The molecule has 0 aromatic heterocycles. The van der Waals surface area contributed by atoms with Gasteiger partial charge < -0.3 is 5.73 Å². The molecule has 0 aliphatic carbocycles. The quantitative estimate of drug-likeness (QED) is 0.492. The lowest BCUT2D eigenvalue weighted by molar-refractivity contribution is 0.624. The van der Waals surface area contributed by atoms with Crippen molar-refractivity contribution in [1.29, 1.82) is 0 Å². The van der Waals surface area contributed by atoms with Crippen LogP contribution in [0.5, 0.6) is 0 Å². The summed E-state index contributed by atoms with van der Waals surface area (Å²) in [5, 5.41) is 0. The Bertz CT molecular complexity index is 124. The number of rotatable bonds is 4. The molecule has 0 atom stereocenters. The molecule has 0 aromatic rings. The van der Waals surface area contributed by atoms with Gasteiger partial charge in [0.15, 0.2) is 0 Å². The van der Waals surface area contributed by atoms with E-state index in [9.17, 15) is 0 Å². The summed E-state index contributed by atoms with van der Waals surface area (Å²) in [4.78, 5) is 4.41. The van der Waals surface area contributed by atoms with E-state index in [1.165, 1.54) is 0 Å². The minimum Gasteiger partial charge on any atom is -0.387 e. The molecule has 66 valence electrons. The molecule has 0 heterocycles. The minimum atomic E-state index is 0.385. The number of hydrogen-bond acceptors (Lipinski definition) is 1. The maximum atomic E-state index is 5.72. The van der Waals surface area contributed by atoms with Crippen LogP contribution in [-0.2, 0) is 0 Å². The van der Waals surface area contributed by atoms with Crippen molar-refractivity contribution in [3.8, 4) is 0 Å². The van der Waals surface area contributed by atoms with E-state index in [0.717, 1.165) is 18.7 Å². The van der Waals surface area contributed by atoms with Crippen molar-refractivity contribution in [1.82, 2.24) is 0 Å². The SMILES string of the molecule is CCC(CC)N=C(N)C(C)C. The number of nitrogens with zero attached hydrogens (tertiary/aromatic N) is 1. The summed E-state index contributed by atoms with van der Waals surface area (Å²) in [6, 6.07) is 0.428. The molecule has 2 nitrogen and oxygen atoms in total. The fraction of sp³-hybridized carbons (Fsp3) is 0.889. The zero-order valence-electron chi connectivity index (χ0n) is 8.09. The summed E-state index contributed by atoms with van der Waals surface area (Å²) in [6.07, 6.45) is 2.17. The van der Waals surface area contributed by atoms with Gasteiger partial charge in [0, 0.05) is 5.92 Å². The maximum absolute atomic E-state index is 5.72. The Morgan fingerprint density at radius 2 is 1.73 bits per heavy atom. The Hall–Kier alpha value is -0.530. The molecule has 0 fully saturated rings. The Morgan fingerprint density at radius 3 is 2.00 bits per heavy atom. The monoisotopic (exact) mass is 156 g/mol. The van der Waals surface area contributed by atoms with E-state index in [0.29, 0.717) is 12.0 Å². The molecular weight excluding hydrogens is 136 g/mol. The van der Waals surface area contributed by atoms with Gasteiger partial charge in [-0.25, -0.2) is 0 Å². The first-order chi connectivity index (χ1) is 5.11. The number of aliphatic imine (C=N–C) groups is 1. The normalized spacial score (nSPS) is 13.1. The van der Waals surface area contributed by atoms with Crippen LogP contribution in [0.3, 0.4) is 0 Å². The van der Waals surface area contributed by atoms with Crippen LogP contribution in [-0.4, -0.2) is 11.9 Å². The molecule has 0 rings (SSSR count). The molecule has 0 bridgehead atoms. The molecule has 2 N–H and O–H groups in total. The Labute approximate surface area is 69.9 Å². The fourth-order valence-electron chi connectivity index (χ4n) is 0.831. The van der Waals surface area contributed by atoms with E-state index in [-0.39, 0.29) is 0 Å². The number of amidine groups is 1. The molecule has 11 heavy (non-hydrogen) atoms. The summed E-state index contributed by atoms with van der Waals surface area (Å²) < 4.78 is 0. The van der Waals surface area contributed by atoms with E-state index in [2.05, 4.69) is 32.7 Å². The minimum absolute atomic E-state index is 0.385. The lowest BCUT2D eigenvalue weighted by Crippen LogP contribution is -2.21. The van der Waals surface area contributed by atoms with Crippen LogP contribution in [0.4, 0.5) is 0 Å². The molecular formula is C9H20N2. The van der Waals surface area contributed by atoms with Crippen LogP contribution < -0.4 is 5.73 Å². The molecule has 2 heteroatoms. The van der Waals surface area contributed by atoms with E-state index in [1.54, 1.807) is 0 Å². The van der Waals surface area contributed by atoms with Crippen LogP contribution in [0.15, 0.2) is 4.99 Å². The van der Waals surface area contributed by atoms with Crippen LogP contribution in [0, 0.1) is 5.92 Å². The molecule has 0 unspecified atom stereocenters. The first-order valence-corrected chi connectivity index (χ1v) is 4.44. The van der Waals surface area contributed by atoms with Crippen molar-refractivity contribution < 1.29 is 0 Å². The van der Waals surface area contributed by atoms with Gasteiger partial charge in [0.25, 0.3) is 0 Å². The standard InChI is InChI=1S/C9H20N2/c1-5-8(6-2)11-9(10)7(3)4/h7-8H,5-6H2,1-4H3,(H2,10,11). The lowest BCUT2D eigenvalue weighted by Gasteiger charge is -2.10. The highest BCUT2D eigenvalue weighted by Gasteiger charge is 2.03. The second-order valence-electron chi connectivity index (χ2n) is 3.18. The highest BCUT2D eigenvalue weighted by Crippen LogP contribution is 2.04. The van der Waals surface area contributed by atoms with Crippen LogP contribution in [0.1, 0.15) is 40.5 Å². The average molecular weight is 156 g/mol. The second-order valence-corrected chi connectivity index (χ2v) is 3.18. The van der Waals surface area contributed by atoms with Gasteiger partial charge in [0.1, 0.15) is 0 Å². The zero-order valence-corrected chi connectivity index (χ0v) is 8.09. The average Bonchev–Trinajstić information content (AvgIpc) is 1.99. The van der Waals surface area contributed by atoms with Crippen LogP contribution in [0.25, 0.3) is 0 Å². The van der Waals surface area contributed by atoms with Crippen molar-refractivity contribution in [2.75, 3.05) is 0 Å². The van der Waals surface area contributed by atoms with Crippen LogP contribution >= 0.6 is 0 Å². The Morgan fingerprint density at radius 1 is 1.27 bits per heavy atom. The van der Waals surface area contributed by atoms with Crippen molar-refractivity contribution in [3.63, 3.8) is 0 Å². The van der Waals surface area contributed by atoms with Gasteiger partial charge in [0.2, 0.25) is 0 Å². The molecule has 0 amide bonds. The molecule has 0 aromatic carbocycles. The van der Waals surface area contributed by atoms with E-state index >= 15 is 0 Å². The van der Waals surface area contributed by atoms with Crippen molar-refractivity contribution >= 4 is 5.84 Å². The third kappa shape index (κ3) is 4.02. The third-order valence-corrected chi connectivity index (χ3v) is 1.87. The maximum Gasteiger partial charge on any atom is 0.0966 e. The Kier molecular flexibility index (Phi) is 4.92. The predicted octanol–water partition coefficient (Wildman–Crippen LogP) is 2.19. The summed E-state index contributed by atoms with van der Waals surface area (Å²) in [7, 11) is 0. The van der Waals surface area contributed by atoms with E-state index in [1.807, 2.05) is 0 Å². The highest BCUT2D eigenvalue weighted by atomic mass is 14.9. The molecule has 0 radical (unpaired) electrons. The topological polar surface area (TPSA) is 38.4 Å². The zero-order chi connectivity index (χ0) is 8.85. The van der Waals surface area contributed by atoms with Gasteiger partial charge in [-0.3, -0.25) is 4.99 Å². The smallest absolute Gasteiger partial charge is 0.0966 e. The van der Waals surface area contributed by atoms with Gasteiger partial charge in [-0.15, -0.1) is 0 Å². The fourth-order valence-corrected chi connectivity index (χ4v) is 0.831. The van der Waals surface area contributed by atoms with Gasteiger partial charge in [0.05, 0.1) is 11.9 Å². The van der Waals surface area contributed by atoms with Gasteiger partial charge in [-0.2, -0.15) is 0 Å². The highest BCUT2D eigenvalue weighted by molar-refractivity contribution is 5.82. The summed E-state index contributed by atoms with van der Waals surface area (Å²) in [5.74, 6) is 1.18. The molecule has 0 aliphatic rings. The van der Waals surface area contributed by atoms with Crippen molar-refractivity contribution in [3.05, 3.63) is 0 Å². The second kappa shape index (κ2) is 5.16. The van der Waals surface area contributed by atoms with Gasteiger partial charge in [-0.1, -0.05) is 27.7 Å². The Balaban J connectivity index is 4.03. The number of nitrogens with two attached hydrogens (primary N) is 1. The lowest BCUT2D eigenvalue weighted by atomic mass is 10.1. The third-order valence-electron chi connectivity index (χ3n) is 1.87. The summed E-state index contributed by atoms with van der Waals surface area (Å²) in [5.41, 5.74) is 5.72. The van der Waals surface area contributed by atoms with Gasteiger partial charge in [-0.05, 0) is 12.8 Å². The largest absolute Gasteiger partial charge is 0.387 e. The van der Waals surface area contributed by atoms with E-state index < -0.39 is 0 Å². The van der Waals surface area contributed by atoms with Crippen molar-refractivity contribution in [2.24, 2.45) is 16.6 Å². The first kappa shape index (κ1) is 10.5. The van der Waals surface area contributed by atoms with Gasteiger partial charge >= 0.3 is 0 Å². The van der Waals surface area contributed by atoms with Crippen LogP contribution in [0.2, 0.25) is 0 Å². The number of hydrogen-bond donors (Lipinski definition) is 1. The van der Waals surface area contributed by atoms with E-state index in [4.69, 9.17) is 5.73 Å². The molecule has 0 saturated heterocycles. The van der Waals surface area contributed by atoms with Crippen molar-refractivity contribution in [2.45, 2.75) is 46.6 Å². The molecule has 0 saturated carbocycles.